The van der Waals surface area contributed by atoms with Crippen molar-refractivity contribution in [3.05, 3.63) is 118 Å². The summed E-state index contributed by atoms with van der Waals surface area (Å²) in [7, 11) is 0. The number of fused-ring (bicyclic) bond motifs is 1. The zero-order valence-electron chi connectivity index (χ0n) is 28.7. The van der Waals surface area contributed by atoms with Crippen LogP contribution in [0.4, 0.5) is 0 Å². The van der Waals surface area contributed by atoms with Crippen LogP contribution in [-0.4, -0.2) is 65.4 Å². The monoisotopic (exact) mass is 667 g/mol. The van der Waals surface area contributed by atoms with Gasteiger partial charge in [-0.1, -0.05) is 111 Å². The Labute approximate surface area is 290 Å². The van der Waals surface area contributed by atoms with Crippen molar-refractivity contribution in [2.75, 3.05) is 39.3 Å². The second-order valence-electron chi connectivity index (χ2n) is 13.6. The number of unbranched alkanes of at least 4 members (excludes halogenated alkanes) is 6. The van der Waals surface area contributed by atoms with Crippen LogP contribution in [0, 0.1) is 5.92 Å². The molecule has 262 valence electrons. The van der Waals surface area contributed by atoms with Gasteiger partial charge in [-0.15, -0.1) is 0 Å². The van der Waals surface area contributed by atoms with Gasteiger partial charge in [-0.25, -0.2) is 4.79 Å². The maximum Gasteiger partial charge on any atom is 0.343 e. The van der Waals surface area contributed by atoms with E-state index in [1.807, 2.05) is 72.8 Å². The fourth-order valence-corrected chi connectivity index (χ4v) is 6.91. The number of rotatable bonds is 19. The molecule has 0 radical (unpaired) electrons. The predicted molar refractivity (Wildman–Crippen MR) is 195 cm³/mol. The third-order valence-corrected chi connectivity index (χ3v) is 9.86. The minimum absolute atomic E-state index is 0.176. The minimum atomic E-state index is -1.72. The van der Waals surface area contributed by atoms with Gasteiger partial charge in [0.05, 0.1) is 12.7 Å². The normalized spacial score (nSPS) is 16.0. The van der Waals surface area contributed by atoms with Crippen LogP contribution in [0.2, 0.25) is 0 Å². The highest BCUT2D eigenvalue weighted by Crippen LogP contribution is 2.29. The smallest absolute Gasteiger partial charge is 0.343 e. The number of esters is 1. The van der Waals surface area contributed by atoms with Crippen LogP contribution in [0.5, 0.6) is 0 Å². The summed E-state index contributed by atoms with van der Waals surface area (Å²) < 4.78 is 5.79. The Kier molecular flexibility index (Phi) is 14.0. The first-order chi connectivity index (χ1) is 23.9. The molecule has 2 atom stereocenters. The Morgan fingerprint density at radius 3 is 2.24 bits per heavy atom. The molecule has 1 aliphatic heterocycles. The van der Waals surface area contributed by atoms with Crippen molar-refractivity contribution < 1.29 is 19.7 Å². The summed E-state index contributed by atoms with van der Waals surface area (Å²) in [5.41, 5.74) is 0.954. The third kappa shape index (κ3) is 10.8. The summed E-state index contributed by atoms with van der Waals surface area (Å²) in [6.45, 7) is 4.79. The first kappa shape index (κ1) is 36.5. The number of pyridine rings is 1. The Hall–Kier alpha value is -3.82. The molecular formula is C41H53N3O5. The number of carbonyl (C=O) groups excluding carboxylic acids is 1. The predicted octanol–water partition coefficient (Wildman–Crippen LogP) is 6.27. The van der Waals surface area contributed by atoms with Gasteiger partial charge in [-0.05, 0) is 80.5 Å². The third-order valence-electron chi connectivity index (χ3n) is 9.86. The van der Waals surface area contributed by atoms with Crippen molar-refractivity contribution in [2.24, 2.45) is 5.92 Å². The summed E-state index contributed by atoms with van der Waals surface area (Å²) in [6.07, 6.45) is 9.87. The maximum absolute atomic E-state index is 13.3. The zero-order valence-corrected chi connectivity index (χ0v) is 28.7. The first-order valence-corrected chi connectivity index (χ1v) is 18.1. The molecule has 1 saturated heterocycles. The number of aromatic nitrogens is 1. The van der Waals surface area contributed by atoms with E-state index in [0.717, 1.165) is 61.9 Å². The SMILES string of the molecule is O=C(OCC1CCN(CCCCCCCCCNC[C@H](O)c2cc(=O)[nH]c3ccccc23)CC1)C(O)(Cc1ccccc1)c1ccccc1. The van der Waals surface area contributed by atoms with Gasteiger partial charge in [0.1, 0.15) is 0 Å². The van der Waals surface area contributed by atoms with E-state index in [2.05, 4.69) is 15.2 Å². The van der Waals surface area contributed by atoms with Crippen molar-refractivity contribution >= 4 is 16.9 Å². The van der Waals surface area contributed by atoms with E-state index >= 15 is 0 Å². The molecule has 1 aromatic heterocycles. The van der Waals surface area contributed by atoms with Gasteiger partial charge in [0.15, 0.2) is 5.60 Å². The van der Waals surface area contributed by atoms with Crippen molar-refractivity contribution in [2.45, 2.75) is 75.9 Å². The van der Waals surface area contributed by atoms with Gasteiger partial charge in [0, 0.05) is 29.9 Å². The number of nitrogens with zero attached hydrogens (tertiary/aromatic N) is 1. The van der Waals surface area contributed by atoms with Gasteiger partial charge in [0.2, 0.25) is 5.56 Å². The number of H-pyrrole nitrogens is 1. The van der Waals surface area contributed by atoms with Gasteiger partial charge in [-0.2, -0.15) is 0 Å². The Morgan fingerprint density at radius 2 is 1.51 bits per heavy atom. The van der Waals surface area contributed by atoms with Crippen molar-refractivity contribution in [1.29, 1.82) is 0 Å². The summed E-state index contributed by atoms with van der Waals surface area (Å²) in [4.78, 5) is 30.6. The van der Waals surface area contributed by atoms with Crippen molar-refractivity contribution in [1.82, 2.24) is 15.2 Å². The lowest BCUT2D eigenvalue weighted by molar-refractivity contribution is -0.168. The highest BCUT2D eigenvalue weighted by atomic mass is 16.5. The number of likely N-dealkylation sites (tertiary alicyclic amines) is 1. The van der Waals surface area contributed by atoms with Crippen molar-refractivity contribution in [3.63, 3.8) is 0 Å². The number of carbonyl (C=O) groups is 1. The largest absolute Gasteiger partial charge is 0.463 e. The molecule has 5 rings (SSSR count). The second-order valence-corrected chi connectivity index (χ2v) is 13.6. The van der Waals surface area contributed by atoms with E-state index in [4.69, 9.17) is 4.74 Å². The summed E-state index contributed by atoms with van der Waals surface area (Å²) in [5, 5.41) is 26.5. The lowest BCUT2D eigenvalue weighted by atomic mass is 9.87. The summed E-state index contributed by atoms with van der Waals surface area (Å²) >= 11 is 0. The number of piperidine rings is 1. The van der Waals surface area contributed by atoms with E-state index in [1.54, 1.807) is 12.1 Å². The number of ether oxygens (including phenoxy) is 1. The molecule has 8 heteroatoms. The topological polar surface area (TPSA) is 115 Å². The molecule has 2 heterocycles. The lowest BCUT2D eigenvalue weighted by Gasteiger charge is -2.33. The molecule has 1 aliphatic rings. The van der Waals surface area contributed by atoms with E-state index < -0.39 is 17.7 Å². The highest BCUT2D eigenvalue weighted by molar-refractivity contribution is 5.82. The molecule has 1 fully saturated rings. The van der Waals surface area contributed by atoms with E-state index in [9.17, 15) is 19.8 Å². The molecule has 0 amide bonds. The molecule has 8 nitrogen and oxygen atoms in total. The fraction of sp³-hybridized carbons (Fsp3) is 0.463. The average Bonchev–Trinajstić information content (AvgIpc) is 3.13. The number of benzene rings is 3. The number of aliphatic hydroxyl groups excluding tert-OH is 1. The molecule has 49 heavy (non-hydrogen) atoms. The number of hydrogen-bond donors (Lipinski definition) is 4. The highest BCUT2D eigenvalue weighted by Gasteiger charge is 2.40. The molecular weight excluding hydrogens is 614 g/mol. The maximum atomic E-state index is 13.3. The van der Waals surface area contributed by atoms with Gasteiger partial charge >= 0.3 is 5.97 Å². The molecule has 4 aromatic rings. The van der Waals surface area contributed by atoms with Crippen LogP contribution in [-0.2, 0) is 21.6 Å². The second kappa shape index (κ2) is 18.8. The zero-order chi connectivity index (χ0) is 34.3. The molecule has 0 saturated carbocycles. The van der Waals surface area contributed by atoms with Crippen molar-refractivity contribution in [3.8, 4) is 0 Å². The number of para-hydroxylation sites is 1. The Balaban J connectivity index is 0.895. The van der Waals surface area contributed by atoms with Crippen LogP contribution in [0.15, 0.2) is 95.8 Å². The molecule has 0 aliphatic carbocycles. The van der Waals surface area contributed by atoms with Crippen LogP contribution < -0.4 is 10.9 Å². The fourth-order valence-electron chi connectivity index (χ4n) is 6.91. The van der Waals surface area contributed by atoms with Gasteiger partial charge < -0.3 is 30.2 Å². The van der Waals surface area contributed by atoms with Crippen LogP contribution in [0.25, 0.3) is 10.9 Å². The number of nitrogens with one attached hydrogen (secondary N) is 2. The average molecular weight is 668 g/mol. The van der Waals surface area contributed by atoms with Crippen LogP contribution in [0.3, 0.4) is 0 Å². The van der Waals surface area contributed by atoms with E-state index in [1.165, 1.54) is 44.6 Å². The van der Waals surface area contributed by atoms with Crippen LogP contribution >= 0.6 is 0 Å². The van der Waals surface area contributed by atoms with E-state index in [-0.39, 0.29) is 12.0 Å². The van der Waals surface area contributed by atoms with Gasteiger partial charge in [-0.3, -0.25) is 4.79 Å². The standard InChI is InChI=1S/C41H53N3O5/c45-38(36-28-39(46)43-37-21-13-12-20-35(36)37)30-42-24-14-4-2-1-3-5-15-25-44-26-22-33(23-27-44)31-49-40(47)41(48,34-18-10-7-11-19-34)29-32-16-8-6-9-17-32/h6-13,16-21,28,33,38,42,45,48H,1-5,14-15,22-27,29-31H2,(H,43,46)/t38-,41?/m0/s1. The minimum Gasteiger partial charge on any atom is -0.463 e. The quantitative estimate of drug-likeness (QED) is 0.0689. The van der Waals surface area contributed by atoms with Gasteiger partial charge in [0.25, 0.3) is 0 Å². The molecule has 4 N–H and O–H groups in total. The molecule has 0 bridgehead atoms. The van der Waals surface area contributed by atoms with E-state index in [0.29, 0.717) is 30.2 Å². The van der Waals surface area contributed by atoms with Crippen LogP contribution in [0.1, 0.15) is 80.6 Å². The number of hydrogen-bond acceptors (Lipinski definition) is 7. The molecule has 1 unspecified atom stereocenters. The number of aromatic amines is 1. The first-order valence-electron chi connectivity index (χ1n) is 18.1. The molecule has 3 aromatic carbocycles. The summed E-state index contributed by atoms with van der Waals surface area (Å²) in [6, 6.07) is 27.8. The lowest BCUT2D eigenvalue weighted by Crippen LogP contribution is -2.41. The number of aliphatic hydroxyl groups is 2. The Bertz CT molecular complexity index is 1620. The Morgan fingerprint density at radius 1 is 0.878 bits per heavy atom. The summed E-state index contributed by atoms with van der Waals surface area (Å²) in [5.74, 6) is -0.256. The molecule has 0 spiro atoms.